The first-order valence-electron chi connectivity index (χ1n) is 9.46. The summed E-state index contributed by atoms with van der Waals surface area (Å²) in [6.07, 6.45) is 6.64. The third kappa shape index (κ3) is 3.03. The summed E-state index contributed by atoms with van der Waals surface area (Å²) in [5.41, 5.74) is 3.81. The Hall–Kier alpha value is -1.61. The Morgan fingerprint density at radius 1 is 1.20 bits per heavy atom. The van der Waals surface area contributed by atoms with E-state index in [0.29, 0.717) is 17.4 Å². The zero-order valence-corrected chi connectivity index (χ0v) is 15.7. The molecule has 25 heavy (non-hydrogen) atoms. The molecule has 1 fully saturated rings. The smallest absolute Gasteiger partial charge is 0.251 e. The van der Waals surface area contributed by atoms with Crippen LogP contribution in [-0.2, 0) is 12.8 Å². The molecule has 2 aromatic rings. The van der Waals surface area contributed by atoms with Crippen LogP contribution in [0.15, 0.2) is 18.2 Å². The first-order valence-corrected chi connectivity index (χ1v) is 9.84. The lowest BCUT2D eigenvalue weighted by Gasteiger charge is -2.34. The van der Waals surface area contributed by atoms with Gasteiger partial charge in [0.05, 0.1) is 10.5 Å². The van der Waals surface area contributed by atoms with Crippen LogP contribution in [0.3, 0.4) is 0 Å². The molecular weight excluding hydrogens is 332 g/mol. The van der Waals surface area contributed by atoms with E-state index in [1.165, 1.54) is 18.4 Å². The Balaban J connectivity index is 1.61. The van der Waals surface area contributed by atoms with E-state index < -0.39 is 0 Å². The predicted molar refractivity (Wildman–Crippen MR) is 102 cm³/mol. The molecular formula is C21H25ClN2O. The highest BCUT2D eigenvalue weighted by atomic mass is 35.5. The minimum Gasteiger partial charge on any atom is -0.349 e. The second-order valence-electron chi connectivity index (χ2n) is 7.78. The Labute approximate surface area is 154 Å². The van der Waals surface area contributed by atoms with Gasteiger partial charge in [-0.05, 0) is 55.2 Å². The van der Waals surface area contributed by atoms with E-state index in [2.05, 4.69) is 19.2 Å². The molecule has 0 bridgehead atoms. The number of amides is 1. The quantitative estimate of drug-likeness (QED) is 0.828. The lowest BCUT2D eigenvalue weighted by atomic mass is 9.78. The molecule has 0 spiro atoms. The molecule has 132 valence electrons. The minimum atomic E-state index is 0.00581. The molecule has 1 aromatic heterocycles. The maximum atomic E-state index is 12.8. The fourth-order valence-corrected chi connectivity index (χ4v) is 4.75. The summed E-state index contributed by atoms with van der Waals surface area (Å²) in [5.74, 6) is 1.19. The molecule has 0 unspecified atom stereocenters. The van der Waals surface area contributed by atoms with Crippen LogP contribution in [0.4, 0.5) is 0 Å². The maximum absolute atomic E-state index is 12.8. The second-order valence-corrected chi connectivity index (χ2v) is 8.16. The molecule has 0 radical (unpaired) electrons. The van der Waals surface area contributed by atoms with Crippen molar-refractivity contribution in [1.82, 2.24) is 10.3 Å². The Morgan fingerprint density at radius 3 is 2.88 bits per heavy atom. The minimum absolute atomic E-state index is 0.00581. The Kier molecular flexibility index (Phi) is 4.45. The number of rotatable bonds is 2. The van der Waals surface area contributed by atoms with Crippen molar-refractivity contribution in [3.63, 3.8) is 0 Å². The average Bonchev–Trinajstić information content (AvgIpc) is 3.07. The number of carbonyl (C=O) groups excluding carboxylic acids is 1. The zero-order chi connectivity index (χ0) is 17.6. The molecule has 3 atom stereocenters. The van der Waals surface area contributed by atoms with Gasteiger partial charge in [-0.2, -0.15) is 0 Å². The van der Waals surface area contributed by atoms with Crippen molar-refractivity contribution in [2.45, 2.75) is 58.4 Å². The molecule has 2 aliphatic rings. The highest BCUT2D eigenvalue weighted by Crippen LogP contribution is 2.34. The van der Waals surface area contributed by atoms with Crippen molar-refractivity contribution in [3.05, 3.63) is 40.0 Å². The lowest BCUT2D eigenvalue weighted by Crippen LogP contribution is -2.43. The molecule has 1 amide bonds. The van der Waals surface area contributed by atoms with Crippen LogP contribution in [0, 0.1) is 11.8 Å². The number of nitrogens with one attached hydrogen (secondary N) is 1. The van der Waals surface area contributed by atoms with E-state index in [9.17, 15) is 4.79 Å². The number of carbonyl (C=O) groups is 1. The van der Waals surface area contributed by atoms with Crippen molar-refractivity contribution in [3.8, 4) is 0 Å². The van der Waals surface area contributed by atoms with Crippen molar-refractivity contribution < 1.29 is 4.79 Å². The van der Waals surface area contributed by atoms with Crippen molar-refractivity contribution in [2.24, 2.45) is 11.8 Å². The molecule has 4 heteroatoms. The number of aryl methyl sites for hydroxylation is 1. The standard InChI is InChI=1S/C21H25ClN2O/c1-12-5-3-7-17(13(12)2)24-21(25)14-9-10-16-19(11-14)23-18-8-4-6-15(18)20(16)22/h9-13,17H,3-8H2,1-2H3,(H,24,25)/t12-,13-,17-/m1/s1. The summed E-state index contributed by atoms with van der Waals surface area (Å²) in [7, 11) is 0. The van der Waals surface area contributed by atoms with E-state index >= 15 is 0 Å². The van der Waals surface area contributed by atoms with Crippen molar-refractivity contribution in [1.29, 1.82) is 0 Å². The summed E-state index contributed by atoms with van der Waals surface area (Å²) in [4.78, 5) is 17.5. The van der Waals surface area contributed by atoms with Gasteiger partial charge in [0.15, 0.2) is 0 Å². The van der Waals surface area contributed by atoms with E-state index in [4.69, 9.17) is 16.6 Å². The lowest BCUT2D eigenvalue weighted by molar-refractivity contribution is 0.0891. The zero-order valence-electron chi connectivity index (χ0n) is 14.9. The van der Waals surface area contributed by atoms with Crippen LogP contribution < -0.4 is 5.32 Å². The number of hydrogen-bond donors (Lipinski definition) is 1. The van der Waals surface area contributed by atoms with Crippen LogP contribution in [0.5, 0.6) is 0 Å². The number of pyridine rings is 1. The summed E-state index contributed by atoms with van der Waals surface area (Å²) in [6, 6.07) is 5.99. The monoisotopic (exact) mass is 356 g/mol. The van der Waals surface area contributed by atoms with Gasteiger partial charge in [0.2, 0.25) is 0 Å². The maximum Gasteiger partial charge on any atom is 0.251 e. The molecule has 1 saturated carbocycles. The third-order valence-corrected chi connectivity index (χ3v) is 6.66. The summed E-state index contributed by atoms with van der Waals surface area (Å²) < 4.78 is 0. The van der Waals surface area contributed by atoms with Gasteiger partial charge in [0.25, 0.3) is 5.91 Å². The number of nitrogens with zero attached hydrogens (tertiary/aromatic N) is 1. The highest BCUT2D eigenvalue weighted by molar-refractivity contribution is 6.36. The molecule has 3 nitrogen and oxygen atoms in total. The first kappa shape index (κ1) is 16.8. The van der Waals surface area contributed by atoms with Crippen molar-refractivity contribution >= 4 is 28.4 Å². The van der Waals surface area contributed by atoms with Crippen molar-refractivity contribution in [2.75, 3.05) is 0 Å². The van der Waals surface area contributed by atoms with Gasteiger partial charge in [-0.25, -0.2) is 0 Å². The molecule has 2 aliphatic carbocycles. The van der Waals surface area contributed by atoms with Gasteiger partial charge in [-0.1, -0.05) is 44.4 Å². The van der Waals surface area contributed by atoms with Crippen LogP contribution >= 0.6 is 11.6 Å². The Morgan fingerprint density at radius 2 is 2.04 bits per heavy atom. The number of halogens is 1. The van der Waals surface area contributed by atoms with E-state index in [-0.39, 0.29) is 11.9 Å². The number of aromatic nitrogens is 1. The number of benzene rings is 1. The largest absolute Gasteiger partial charge is 0.349 e. The van der Waals surface area contributed by atoms with Crippen LogP contribution in [0.1, 0.15) is 61.1 Å². The van der Waals surface area contributed by atoms with E-state index in [1.54, 1.807) is 0 Å². The third-order valence-electron chi connectivity index (χ3n) is 6.23. The summed E-state index contributed by atoms with van der Waals surface area (Å²) in [5, 5.41) is 5.02. The number of fused-ring (bicyclic) bond motifs is 2. The average molecular weight is 357 g/mol. The van der Waals surface area contributed by atoms with Gasteiger partial charge < -0.3 is 5.32 Å². The van der Waals surface area contributed by atoms with Gasteiger partial charge in [-0.3, -0.25) is 9.78 Å². The van der Waals surface area contributed by atoms with Crippen LogP contribution in [0.25, 0.3) is 10.9 Å². The van der Waals surface area contributed by atoms with Gasteiger partial charge >= 0.3 is 0 Å². The first-order chi connectivity index (χ1) is 12.0. The summed E-state index contributed by atoms with van der Waals surface area (Å²) in [6.45, 7) is 4.53. The molecule has 1 aromatic carbocycles. The SMILES string of the molecule is C[C@@H]1[C@H](C)CCC[C@H]1NC(=O)c1ccc2c(Cl)c3c(nc2c1)CCC3. The van der Waals surface area contributed by atoms with Crippen LogP contribution in [-0.4, -0.2) is 16.9 Å². The molecule has 1 N–H and O–H groups in total. The van der Waals surface area contributed by atoms with Gasteiger partial charge in [0, 0.05) is 22.7 Å². The van der Waals surface area contributed by atoms with E-state index in [0.717, 1.165) is 47.3 Å². The fraction of sp³-hybridized carbons (Fsp3) is 0.524. The molecule has 1 heterocycles. The topological polar surface area (TPSA) is 42.0 Å². The predicted octanol–water partition coefficient (Wildman–Crippen LogP) is 4.93. The van der Waals surface area contributed by atoms with Gasteiger partial charge in [0.1, 0.15) is 0 Å². The summed E-state index contributed by atoms with van der Waals surface area (Å²) >= 11 is 6.57. The fourth-order valence-electron chi connectivity index (χ4n) is 4.38. The second kappa shape index (κ2) is 6.60. The van der Waals surface area contributed by atoms with Gasteiger partial charge in [-0.15, -0.1) is 0 Å². The van der Waals surface area contributed by atoms with Crippen LogP contribution in [0.2, 0.25) is 5.02 Å². The molecule has 0 saturated heterocycles. The normalized spacial score (nSPS) is 25.8. The molecule has 0 aliphatic heterocycles. The Bertz CT molecular complexity index is 832. The van der Waals surface area contributed by atoms with E-state index in [1.807, 2.05) is 18.2 Å². The molecule has 4 rings (SSSR count). The number of hydrogen-bond acceptors (Lipinski definition) is 2. The highest BCUT2D eigenvalue weighted by Gasteiger charge is 2.28.